The topological polar surface area (TPSA) is 55.1 Å². The van der Waals surface area contributed by atoms with E-state index in [0.29, 0.717) is 6.42 Å². The Labute approximate surface area is 108 Å². The molecule has 17 heavy (non-hydrogen) atoms. The maximum Gasteiger partial charge on any atom is 0.224 e. The molecule has 0 aromatic heterocycles. The molecule has 94 valence electrons. The molecule has 1 saturated carbocycles. The zero-order valence-corrected chi connectivity index (χ0v) is 10.6. The van der Waals surface area contributed by atoms with Crippen molar-refractivity contribution < 1.29 is 4.79 Å². The monoisotopic (exact) mass is 254 g/mol. The van der Waals surface area contributed by atoms with Gasteiger partial charge in [0.15, 0.2) is 0 Å². The highest BCUT2D eigenvalue weighted by Gasteiger charge is 2.17. The molecule has 2 rings (SSSR count). The highest BCUT2D eigenvalue weighted by molar-refractivity contribution is 5.85. The number of carbonyl (C=O) groups is 1. The molecule has 0 atom stereocenters. The van der Waals surface area contributed by atoms with Crippen molar-refractivity contribution in [3.05, 3.63) is 29.8 Å². The first-order chi connectivity index (χ1) is 7.74. The van der Waals surface area contributed by atoms with Crippen molar-refractivity contribution in [2.45, 2.75) is 25.7 Å². The minimum absolute atomic E-state index is 0. The zero-order chi connectivity index (χ0) is 11.4. The Morgan fingerprint density at radius 2 is 1.94 bits per heavy atom. The molecular formula is C13H19ClN2O. The first-order valence-electron chi connectivity index (χ1n) is 5.85. The van der Waals surface area contributed by atoms with Crippen LogP contribution in [0.3, 0.4) is 0 Å². The summed E-state index contributed by atoms with van der Waals surface area (Å²) in [5.41, 5.74) is 7.33. The SMILES string of the molecule is Cl.Nc1ccc(CC(=O)NCC2CCC2)cc1. The van der Waals surface area contributed by atoms with Crippen LogP contribution in [0.2, 0.25) is 0 Å². The molecule has 1 aromatic rings. The molecule has 1 amide bonds. The Kier molecular flexibility index (Phi) is 5.29. The van der Waals surface area contributed by atoms with Crippen LogP contribution >= 0.6 is 12.4 Å². The van der Waals surface area contributed by atoms with Crippen LogP contribution < -0.4 is 11.1 Å². The summed E-state index contributed by atoms with van der Waals surface area (Å²) < 4.78 is 0. The summed E-state index contributed by atoms with van der Waals surface area (Å²) in [4.78, 5) is 11.6. The molecule has 0 aliphatic heterocycles. The first-order valence-corrected chi connectivity index (χ1v) is 5.85. The second-order valence-corrected chi connectivity index (χ2v) is 4.52. The summed E-state index contributed by atoms with van der Waals surface area (Å²) in [6.07, 6.45) is 4.30. The fourth-order valence-electron chi connectivity index (χ4n) is 1.84. The van der Waals surface area contributed by atoms with Crippen LogP contribution in [0, 0.1) is 5.92 Å². The lowest BCUT2D eigenvalue weighted by atomic mass is 9.85. The van der Waals surface area contributed by atoms with Crippen LogP contribution in [0.5, 0.6) is 0 Å². The number of anilines is 1. The lowest BCUT2D eigenvalue weighted by molar-refractivity contribution is -0.120. The van der Waals surface area contributed by atoms with Gasteiger partial charge in [-0.3, -0.25) is 4.79 Å². The summed E-state index contributed by atoms with van der Waals surface area (Å²) in [5, 5.41) is 2.98. The number of rotatable bonds is 4. The van der Waals surface area contributed by atoms with Crippen LogP contribution in [0.15, 0.2) is 24.3 Å². The van der Waals surface area contributed by atoms with E-state index in [1.54, 1.807) is 0 Å². The molecular weight excluding hydrogens is 236 g/mol. The van der Waals surface area contributed by atoms with E-state index in [0.717, 1.165) is 23.7 Å². The van der Waals surface area contributed by atoms with E-state index in [9.17, 15) is 4.79 Å². The summed E-state index contributed by atoms with van der Waals surface area (Å²) in [6.45, 7) is 0.841. The van der Waals surface area contributed by atoms with Gasteiger partial charge in [-0.1, -0.05) is 18.6 Å². The van der Waals surface area contributed by atoms with E-state index >= 15 is 0 Å². The Hall–Kier alpha value is -1.22. The predicted molar refractivity (Wildman–Crippen MR) is 72.2 cm³/mol. The summed E-state index contributed by atoms with van der Waals surface area (Å²) in [6, 6.07) is 7.46. The van der Waals surface area contributed by atoms with Crippen LogP contribution in [0.1, 0.15) is 24.8 Å². The number of hydrogen-bond acceptors (Lipinski definition) is 2. The number of nitrogen functional groups attached to an aromatic ring is 1. The maximum absolute atomic E-state index is 11.6. The molecule has 4 heteroatoms. The van der Waals surface area contributed by atoms with Gasteiger partial charge < -0.3 is 11.1 Å². The van der Waals surface area contributed by atoms with E-state index in [4.69, 9.17) is 5.73 Å². The van der Waals surface area contributed by atoms with Crippen molar-refractivity contribution in [3.63, 3.8) is 0 Å². The van der Waals surface area contributed by atoms with E-state index in [2.05, 4.69) is 5.32 Å². The Morgan fingerprint density at radius 1 is 1.29 bits per heavy atom. The third-order valence-electron chi connectivity index (χ3n) is 3.16. The Bertz CT molecular complexity index is 360. The van der Waals surface area contributed by atoms with E-state index in [1.165, 1.54) is 19.3 Å². The third-order valence-corrected chi connectivity index (χ3v) is 3.16. The van der Waals surface area contributed by atoms with Gasteiger partial charge in [0, 0.05) is 12.2 Å². The van der Waals surface area contributed by atoms with Crippen molar-refractivity contribution in [1.29, 1.82) is 0 Å². The average molecular weight is 255 g/mol. The Morgan fingerprint density at radius 3 is 2.47 bits per heavy atom. The van der Waals surface area contributed by atoms with Gasteiger partial charge in [-0.2, -0.15) is 0 Å². The van der Waals surface area contributed by atoms with Gasteiger partial charge in [0.05, 0.1) is 6.42 Å². The highest BCUT2D eigenvalue weighted by atomic mass is 35.5. The predicted octanol–water partition coefficient (Wildman–Crippen LogP) is 2.15. The second-order valence-electron chi connectivity index (χ2n) is 4.52. The molecule has 0 radical (unpaired) electrons. The van der Waals surface area contributed by atoms with Crippen molar-refractivity contribution in [3.8, 4) is 0 Å². The molecule has 0 saturated heterocycles. The molecule has 1 aliphatic rings. The fraction of sp³-hybridized carbons (Fsp3) is 0.462. The van der Waals surface area contributed by atoms with E-state index in [1.807, 2.05) is 24.3 Å². The van der Waals surface area contributed by atoms with Crippen LogP contribution in [-0.4, -0.2) is 12.5 Å². The number of nitrogens with one attached hydrogen (secondary N) is 1. The fourth-order valence-corrected chi connectivity index (χ4v) is 1.84. The number of carbonyl (C=O) groups excluding carboxylic acids is 1. The minimum atomic E-state index is 0. The lowest BCUT2D eigenvalue weighted by Gasteiger charge is -2.25. The van der Waals surface area contributed by atoms with Gasteiger partial charge in [-0.05, 0) is 36.5 Å². The summed E-state index contributed by atoms with van der Waals surface area (Å²) >= 11 is 0. The zero-order valence-electron chi connectivity index (χ0n) is 9.82. The van der Waals surface area contributed by atoms with E-state index in [-0.39, 0.29) is 18.3 Å². The summed E-state index contributed by atoms with van der Waals surface area (Å²) in [5.74, 6) is 0.826. The van der Waals surface area contributed by atoms with Crippen molar-refractivity contribution in [2.24, 2.45) is 5.92 Å². The molecule has 0 bridgehead atoms. The van der Waals surface area contributed by atoms with Gasteiger partial charge in [-0.25, -0.2) is 0 Å². The van der Waals surface area contributed by atoms with Gasteiger partial charge in [0.2, 0.25) is 5.91 Å². The highest BCUT2D eigenvalue weighted by Crippen LogP contribution is 2.25. The molecule has 1 aromatic carbocycles. The standard InChI is InChI=1S/C13H18N2O.ClH/c14-12-6-4-10(5-7-12)8-13(16)15-9-11-2-1-3-11;/h4-7,11H,1-3,8-9,14H2,(H,15,16);1H. The number of amides is 1. The van der Waals surface area contributed by atoms with Crippen LogP contribution in [-0.2, 0) is 11.2 Å². The molecule has 3 N–H and O–H groups in total. The minimum Gasteiger partial charge on any atom is -0.399 e. The molecule has 0 spiro atoms. The molecule has 0 heterocycles. The van der Waals surface area contributed by atoms with Gasteiger partial charge >= 0.3 is 0 Å². The van der Waals surface area contributed by atoms with Crippen molar-refractivity contribution in [1.82, 2.24) is 5.32 Å². The van der Waals surface area contributed by atoms with Crippen molar-refractivity contribution in [2.75, 3.05) is 12.3 Å². The number of hydrogen-bond donors (Lipinski definition) is 2. The first kappa shape index (κ1) is 13.8. The van der Waals surface area contributed by atoms with Crippen LogP contribution in [0.4, 0.5) is 5.69 Å². The van der Waals surface area contributed by atoms with Crippen molar-refractivity contribution >= 4 is 24.0 Å². The molecule has 0 unspecified atom stereocenters. The van der Waals surface area contributed by atoms with Gasteiger partial charge in [0.1, 0.15) is 0 Å². The second kappa shape index (κ2) is 6.50. The quantitative estimate of drug-likeness (QED) is 0.809. The van der Waals surface area contributed by atoms with E-state index < -0.39 is 0 Å². The molecule has 1 fully saturated rings. The van der Waals surface area contributed by atoms with Gasteiger partial charge in [-0.15, -0.1) is 12.4 Å². The molecule has 1 aliphatic carbocycles. The smallest absolute Gasteiger partial charge is 0.224 e. The lowest BCUT2D eigenvalue weighted by Crippen LogP contribution is -2.33. The summed E-state index contributed by atoms with van der Waals surface area (Å²) in [7, 11) is 0. The maximum atomic E-state index is 11.6. The van der Waals surface area contributed by atoms with Crippen LogP contribution in [0.25, 0.3) is 0 Å². The number of halogens is 1. The number of benzene rings is 1. The average Bonchev–Trinajstić information content (AvgIpc) is 2.19. The Balaban J connectivity index is 0.00000144. The number of nitrogens with two attached hydrogens (primary N) is 1. The third kappa shape index (κ3) is 4.27. The largest absolute Gasteiger partial charge is 0.399 e. The van der Waals surface area contributed by atoms with Gasteiger partial charge in [0.25, 0.3) is 0 Å². The normalized spacial score (nSPS) is 14.6. The molecule has 3 nitrogen and oxygen atoms in total.